The number of aliphatic hydroxyl groups is 1. The fourth-order valence-electron chi connectivity index (χ4n) is 7.65. The molecule has 0 aliphatic carbocycles. The Hall–Kier alpha value is -3.66. The molecule has 0 unspecified atom stereocenters. The van der Waals surface area contributed by atoms with Gasteiger partial charge in [0.2, 0.25) is 20.2 Å². The number of aryl methyl sites for hydroxylation is 1. The summed E-state index contributed by atoms with van der Waals surface area (Å²) in [5.41, 5.74) is 5.62. The lowest BCUT2D eigenvalue weighted by atomic mass is 9.93. The number of aliphatic hydroxyl groups excluding tert-OH is 1. The Bertz CT molecular complexity index is 1590. The van der Waals surface area contributed by atoms with Gasteiger partial charge in [-0.25, -0.2) is 5.01 Å². The number of carbonyl (C=O) groups is 2. The van der Waals surface area contributed by atoms with Gasteiger partial charge in [0, 0.05) is 24.9 Å². The number of carbonyl (C=O) groups excluding carboxylic acids is 2. The molecule has 6 rings (SSSR count). The number of fused-ring (bicyclic) bond motifs is 1. The molecule has 3 heterocycles. The van der Waals surface area contributed by atoms with Crippen LogP contribution in [0, 0.1) is 5.92 Å². The molecule has 0 radical (unpaired) electrons. The summed E-state index contributed by atoms with van der Waals surface area (Å²) in [4.78, 5) is 28.4. The highest BCUT2D eigenvalue weighted by Crippen LogP contribution is 2.47. The monoisotopic (exact) mass is 641 g/mol. The summed E-state index contributed by atoms with van der Waals surface area (Å²) in [6, 6.07) is 25.6. The van der Waals surface area contributed by atoms with E-state index in [2.05, 4.69) is 13.0 Å². The van der Waals surface area contributed by atoms with E-state index in [-0.39, 0.29) is 48.4 Å². The van der Waals surface area contributed by atoms with Crippen molar-refractivity contribution in [1.82, 2.24) is 4.90 Å². The molecule has 5 atom stereocenters. The summed E-state index contributed by atoms with van der Waals surface area (Å²) < 4.78 is 22.4. The molecule has 0 aromatic heterocycles. The lowest BCUT2D eigenvalue weighted by molar-refractivity contribution is -0.138. The number of ether oxygens (including phenoxy) is 1. The third kappa shape index (κ3) is 6.87. The van der Waals surface area contributed by atoms with Crippen LogP contribution in [-0.4, -0.2) is 60.8 Å². The van der Waals surface area contributed by atoms with Crippen LogP contribution in [0.2, 0.25) is 18.6 Å². The first-order valence-corrected chi connectivity index (χ1v) is 19.4. The van der Waals surface area contributed by atoms with Crippen molar-refractivity contribution in [2.45, 2.75) is 88.9 Å². The zero-order valence-corrected chi connectivity index (χ0v) is 27.9. The van der Waals surface area contributed by atoms with Crippen LogP contribution in [0.3, 0.4) is 0 Å². The van der Waals surface area contributed by atoms with E-state index < -0.39 is 14.5 Å². The highest BCUT2D eigenvalue weighted by molar-refractivity contribution is 6.72. The van der Waals surface area contributed by atoms with Crippen LogP contribution in [0.4, 0.5) is 9.80 Å². The second-order valence-corrected chi connectivity index (χ2v) is 17.3. The van der Waals surface area contributed by atoms with Crippen LogP contribution in [0.1, 0.15) is 54.9 Å². The number of amides is 2. The molecule has 1 N–H and O–H groups in total. The van der Waals surface area contributed by atoms with Gasteiger partial charge in [-0.15, -0.1) is 0 Å². The third-order valence-corrected chi connectivity index (χ3v) is 12.5. The predicted octanol–water partition coefficient (Wildman–Crippen LogP) is 6.43. The highest BCUT2D eigenvalue weighted by atomic mass is 28.4. The van der Waals surface area contributed by atoms with Gasteiger partial charge in [-0.3, -0.25) is 9.59 Å². The lowest BCUT2D eigenvalue weighted by Crippen LogP contribution is -2.48. The van der Waals surface area contributed by atoms with Gasteiger partial charge in [-0.1, -0.05) is 73.7 Å². The van der Waals surface area contributed by atoms with Crippen LogP contribution in [0.25, 0.3) is 0 Å². The molecule has 1 saturated heterocycles. The number of hydrogen-bond donors (Lipinski definition) is 1. The zero-order chi connectivity index (χ0) is 32.4. The largest absolute Gasteiger partial charge is 0.394 e. The Labute approximate surface area is 272 Å². The van der Waals surface area contributed by atoms with E-state index in [9.17, 15) is 14.7 Å². The minimum atomic E-state index is -3.18. The maximum absolute atomic E-state index is 15.9. The Morgan fingerprint density at radius 1 is 1.00 bits per heavy atom. The Kier molecular flexibility index (Phi) is 9.54. The number of hydrogen-bond acceptors (Lipinski definition) is 5. The van der Waals surface area contributed by atoms with Crippen LogP contribution < -0.4 is 5.01 Å². The lowest BCUT2D eigenvalue weighted by Gasteiger charge is -2.37. The summed E-state index contributed by atoms with van der Waals surface area (Å²) in [6.07, 6.45) is 2.41. The SMILES string of the molecule is C[C@@H]1[C@@H]([Si](C)(C)F)[C@H](CC(=O)N2Cc3ccccc3C[C@H]2CO)O[C@@H]1CCc1cccc(N2N=C(c3ccccc3)CCC2=O)c1. The molecule has 46 heavy (non-hydrogen) atoms. The fraction of sp³-hybridized carbons (Fsp3) is 0.432. The molecule has 1 fully saturated rings. The molecule has 0 bridgehead atoms. The first-order chi connectivity index (χ1) is 22.1. The van der Waals surface area contributed by atoms with Crippen molar-refractivity contribution in [3.05, 3.63) is 101 Å². The van der Waals surface area contributed by atoms with Gasteiger partial charge >= 0.3 is 0 Å². The highest BCUT2D eigenvalue weighted by Gasteiger charge is 2.52. The van der Waals surface area contributed by atoms with Crippen LogP contribution in [-0.2, 0) is 33.7 Å². The van der Waals surface area contributed by atoms with Crippen molar-refractivity contribution < 1.29 is 23.5 Å². The topological polar surface area (TPSA) is 82.4 Å². The maximum Gasteiger partial charge on any atom is 0.247 e. The smallest absolute Gasteiger partial charge is 0.247 e. The van der Waals surface area contributed by atoms with E-state index in [1.165, 1.54) is 5.01 Å². The van der Waals surface area contributed by atoms with Gasteiger partial charge in [0.05, 0.1) is 42.7 Å². The summed E-state index contributed by atoms with van der Waals surface area (Å²) in [5, 5.41) is 16.3. The molecule has 7 nitrogen and oxygen atoms in total. The average molecular weight is 642 g/mol. The van der Waals surface area contributed by atoms with Gasteiger partial charge in [0.25, 0.3) is 0 Å². The zero-order valence-electron chi connectivity index (χ0n) is 26.9. The number of halogens is 1. The minimum Gasteiger partial charge on any atom is -0.394 e. The van der Waals surface area contributed by atoms with E-state index in [1.807, 2.05) is 72.8 Å². The number of rotatable bonds is 9. The van der Waals surface area contributed by atoms with Gasteiger partial charge in [-0.05, 0) is 72.7 Å². The van der Waals surface area contributed by atoms with Crippen molar-refractivity contribution >= 4 is 31.6 Å². The van der Waals surface area contributed by atoms with Crippen LogP contribution in [0.5, 0.6) is 0 Å². The van der Waals surface area contributed by atoms with Gasteiger partial charge in [0.15, 0.2) is 0 Å². The Morgan fingerprint density at radius 2 is 1.74 bits per heavy atom. The maximum atomic E-state index is 15.9. The second kappa shape index (κ2) is 13.6. The summed E-state index contributed by atoms with van der Waals surface area (Å²) in [7, 11) is -3.18. The van der Waals surface area contributed by atoms with Crippen LogP contribution >= 0.6 is 0 Å². The van der Waals surface area contributed by atoms with E-state index in [4.69, 9.17) is 9.84 Å². The van der Waals surface area contributed by atoms with Crippen LogP contribution in [0.15, 0.2) is 84.0 Å². The summed E-state index contributed by atoms with van der Waals surface area (Å²) >= 11 is 0. The third-order valence-electron chi connectivity index (χ3n) is 9.97. The van der Waals surface area contributed by atoms with E-state index in [0.717, 1.165) is 33.7 Å². The number of nitrogens with zero attached hydrogens (tertiary/aromatic N) is 3. The molecule has 0 spiro atoms. The minimum absolute atomic E-state index is 0.0318. The molecule has 242 valence electrons. The van der Waals surface area contributed by atoms with Gasteiger partial charge in [-0.2, -0.15) is 5.10 Å². The summed E-state index contributed by atoms with van der Waals surface area (Å²) in [6.45, 7) is 5.82. The Morgan fingerprint density at radius 3 is 2.48 bits per heavy atom. The molecular formula is C37H44FN3O4Si. The molecule has 2 amide bonds. The number of hydrazone groups is 1. The molecule has 9 heteroatoms. The van der Waals surface area contributed by atoms with E-state index >= 15 is 4.11 Å². The Balaban J connectivity index is 1.14. The molecule has 3 aromatic rings. The predicted molar refractivity (Wildman–Crippen MR) is 181 cm³/mol. The normalized spacial score (nSPS) is 24.9. The van der Waals surface area contributed by atoms with Gasteiger partial charge in [0.1, 0.15) is 0 Å². The first-order valence-electron chi connectivity index (χ1n) is 16.5. The van der Waals surface area contributed by atoms with Crippen molar-refractivity contribution in [3.63, 3.8) is 0 Å². The molecular weight excluding hydrogens is 598 g/mol. The van der Waals surface area contributed by atoms with Crippen molar-refractivity contribution in [2.24, 2.45) is 11.0 Å². The van der Waals surface area contributed by atoms with Crippen molar-refractivity contribution in [2.75, 3.05) is 11.6 Å². The number of anilines is 1. The van der Waals surface area contributed by atoms with Gasteiger partial charge < -0.3 is 18.9 Å². The molecule has 3 aromatic carbocycles. The average Bonchev–Trinajstić information content (AvgIpc) is 3.38. The standard InChI is InChI=1S/C37H44FN3O4Si/c1-25-33(18-16-26-10-9-15-30(20-26)41-35(43)19-17-32(39-41)27-11-5-4-6-12-27)45-34(37(25)46(2,3)38)22-36(44)40-23-29-14-8-7-13-28(29)21-31(40)24-42/h4-15,20,25,31,33-34,37,42H,16-19,21-24H2,1-3H3/t25-,31-,33+,34-,37+/m0/s1. The summed E-state index contributed by atoms with van der Waals surface area (Å²) in [5.74, 6) is -0.162. The fourth-order valence-corrected chi connectivity index (χ4v) is 10.2. The molecule has 0 saturated carbocycles. The van der Waals surface area contributed by atoms with Crippen molar-refractivity contribution in [3.8, 4) is 0 Å². The second-order valence-electron chi connectivity index (χ2n) is 13.5. The molecule has 3 aliphatic heterocycles. The van der Waals surface area contributed by atoms with Crippen molar-refractivity contribution in [1.29, 1.82) is 0 Å². The van der Waals surface area contributed by atoms with E-state index in [1.54, 1.807) is 18.0 Å². The van der Waals surface area contributed by atoms with E-state index in [0.29, 0.717) is 38.6 Å². The first kappa shape index (κ1) is 32.3. The molecule has 3 aliphatic rings. The quantitative estimate of drug-likeness (QED) is 0.216. The number of benzene rings is 3.